The lowest BCUT2D eigenvalue weighted by molar-refractivity contribution is 0.0734. The monoisotopic (exact) mass is 409 g/mol. The van der Waals surface area contributed by atoms with Crippen LogP contribution in [0.2, 0.25) is 0 Å². The van der Waals surface area contributed by atoms with E-state index >= 15 is 0 Å². The van der Waals surface area contributed by atoms with Crippen LogP contribution < -0.4 is 10.2 Å². The average molecular weight is 409 g/mol. The summed E-state index contributed by atoms with van der Waals surface area (Å²) in [6, 6.07) is 8.34. The molecule has 3 aromatic rings. The number of furan rings is 1. The number of carbonyl (C=O) groups excluding carboxylic acids is 1. The number of halogens is 1. The highest BCUT2D eigenvalue weighted by Crippen LogP contribution is 2.39. The molecule has 1 saturated heterocycles. The fourth-order valence-corrected chi connectivity index (χ4v) is 3.79. The average Bonchev–Trinajstić information content (AvgIpc) is 3.33. The highest BCUT2D eigenvalue weighted by atomic mass is 19.1. The number of nitrogens with one attached hydrogen (secondary N) is 1. The maximum Gasteiger partial charge on any atom is 0.291 e. The Kier molecular flexibility index (Phi) is 4.38. The van der Waals surface area contributed by atoms with Gasteiger partial charge in [0, 0.05) is 37.4 Å². The first-order valence-electron chi connectivity index (χ1n) is 10.3. The largest absolute Gasteiger partial charge is 0.443 e. The highest BCUT2D eigenvalue weighted by molar-refractivity contribution is 5.95. The number of fused-ring (bicyclic) bond motifs is 1. The number of aromatic nitrogens is 2. The van der Waals surface area contributed by atoms with Crippen LogP contribution in [0.15, 0.2) is 34.7 Å². The van der Waals surface area contributed by atoms with Gasteiger partial charge in [-0.25, -0.2) is 9.37 Å². The molecule has 1 N–H and O–H groups in total. The number of hydrogen-bond acceptors (Lipinski definition) is 6. The quantitative estimate of drug-likeness (QED) is 0.710. The van der Waals surface area contributed by atoms with Gasteiger partial charge in [-0.05, 0) is 57.0 Å². The molecule has 2 aromatic heterocycles. The summed E-state index contributed by atoms with van der Waals surface area (Å²) in [5.74, 6) is 1.09. The minimum Gasteiger partial charge on any atom is -0.443 e. The van der Waals surface area contributed by atoms with E-state index in [9.17, 15) is 9.18 Å². The van der Waals surface area contributed by atoms with Gasteiger partial charge in [0.1, 0.15) is 17.4 Å². The normalized spacial score (nSPS) is 18.0. The van der Waals surface area contributed by atoms with Crippen molar-refractivity contribution in [1.82, 2.24) is 14.9 Å². The third-order valence-corrected chi connectivity index (χ3v) is 5.89. The number of aryl methyl sites for hydroxylation is 1. The maximum atomic E-state index is 13.2. The molecule has 8 heteroatoms. The fourth-order valence-electron chi connectivity index (χ4n) is 3.79. The Morgan fingerprint density at radius 2 is 1.83 bits per heavy atom. The van der Waals surface area contributed by atoms with Crippen LogP contribution in [0.5, 0.6) is 0 Å². The van der Waals surface area contributed by atoms with Crippen LogP contribution in [0.1, 0.15) is 36.1 Å². The second-order valence-corrected chi connectivity index (χ2v) is 8.41. The molecule has 2 fully saturated rings. The Morgan fingerprint density at radius 1 is 1.13 bits per heavy atom. The van der Waals surface area contributed by atoms with Gasteiger partial charge < -0.3 is 19.5 Å². The number of nitrogens with zero attached hydrogens (tertiary/aromatic N) is 4. The zero-order chi connectivity index (χ0) is 20.9. The van der Waals surface area contributed by atoms with Crippen molar-refractivity contribution in [3.63, 3.8) is 0 Å². The summed E-state index contributed by atoms with van der Waals surface area (Å²) in [4.78, 5) is 26.0. The van der Waals surface area contributed by atoms with Crippen LogP contribution in [-0.2, 0) is 0 Å². The van der Waals surface area contributed by atoms with Crippen LogP contribution in [0.4, 0.5) is 15.9 Å². The molecule has 156 valence electrons. The van der Waals surface area contributed by atoms with E-state index < -0.39 is 0 Å². The van der Waals surface area contributed by atoms with Gasteiger partial charge in [-0.1, -0.05) is 0 Å². The summed E-state index contributed by atoms with van der Waals surface area (Å²) < 4.78 is 18.9. The number of carbonyl (C=O) groups is 1. The van der Waals surface area contributed by atoms with Gasteiger partial charge in [0.2, 0.25) is 11.5 Å². The predicted molar refractivity (Wildman–Crippen MR) is 112 cm³/mol. The third-order valence-electron chi connectivity index (χ3n) is 5.89. The number of amides is 1. The molecule has 0 atom stereocenters. The first-order chi connectivity index (χ1) is 14.4. The predicted octanol–water partition coefficient (Wildman–Crippen LogP) is 3.60. The minimum atomic E-state index is -0.252. The topological polar surface area (TPSA) is 74.5 Å². The lowest BCUT2D eigenvalue weighted by Gasteiger charge is -2.35. The Hall–Kier alpha value is -3.16. The molecule has 7 nitrogen and oxygen atoms in total. The number of benzene rings is 1. The summed E-state index contributed by atoms with van der Waals surface area (Å²) in [5.41, 5.74) is 1.41. The zero-order valence-corrected chi connectivity index (χ0v) is 17.1. The van der Waals surface area contributed by atoms with E-state index in [2.05, 4.69) is 27.1 Å². The summed E-state index contributed by atoms with van der Waals surface area (Å²) in [7, 11) is 0. The Balaban J connectivity index is 1.35. The second kappa shape index (κ2) is 6.97. The molecule has 1 aliphatic heterocycles. The van der Waals surface area contributed by atoms with Crippen molar-refractivity contribution in [3.8, 4) is 0 Å². The third kappa shape index (κ3) is 3.58. The molecule has 1 aromatic carbocycles. The Labute approximate surface area is 173 Å². The number of hydrogen-bond donors (Lipinski definition) is 1. The van der Waals surface area contributed by atoms with E-state index in [1.807, 2.05) is 13.0 Å². The van der Waals surface area contributed by atoms with Crippen LogP contribution >= 0.6 is 0 Å². The molecule has 30 heavy (non-hydrogen) atoms. The van der Waals surface area contributed by atoms with Crippen molar-refractivity contribution >= 4 is 28.5 Å². The molecule has 0 bridgehead atoms. The molecule has 1 aliphatic carbocycles. The fraction of sp³-hybridized carbons (Fsp3) is 0.409. The first-order valence-corrected chi connectivity index (χ1v) is 10.3. The van der Waals surface area contributed by atoms with Gasteiger partial charge in [0.15, 0.2) is 0 Å². The van der Waals surface area contributed by atoms with E-state index in [4.69, 9.17) is 4.42 Å². The van der Waals surface area contributed by atoms with Gasteiger partial charge >= 0.3 is 0 Å². The van der Waals surface area contributed by atoms with Crippen molar-refractivity contribution < 1.29 is 13.6 Å². The van der Waals surface area contributed by atoms with E-state index in [1.54, 1.807) is 17.0 Å². The Bertz CT molecular complexity index is 1100. The van der Waals surface area contributed by atoms with Crippen molar-refractivity contribution in [3.05, 3.63) is 47.7 Å². The summed E-state index contributed by atoms with van der Waals surface area (Å²) in [6.45, 7) is 6.44. The minimum absolute atomic E-state index is 0.0214. The van der Waals surface area contributed by atoms with Crippen LogP contribution in [-0.4, -0.2) is 52.5 Å². The second-order valence-electron chi connectivity index (χ2n) is 8.41. The van der Waals surface area contributed by atoms with Gasteiger partial charge in [-0.2, -0.15) is 4.98 Å². The van der Waals surface area contributed by atoms with Crippen molar-refractivity contribution in [1.29, 1.82) is 0 Å². The van der Waals surface area contributed by atoms with Gasteiger partial charge in [-0.15, -0.1) is 0 Å². The van der Waals surface area contributed by atoms with E-state index in [0.29, 0.717) is 37.7 Å². The molecule has 1 amide bonds. The molecular formula is C22H24FN5O2. The van der Waals surface area contributed by atoms with E-state index in [-0.39, 0.29) is 23.1 Å². The van der Waals surface area contributed by atoms with Gasteiger partial charge in [0.25, 0.3) is 5.91 Å². The molecule has 0 spiro atoms. The molecule has 0 unspecified atom stereocenters. The van der Waals surface area contributed by atoms with Gasteiger partial charge in [-0.3, -0.25) is 4.79 Å². The van der Waals surface area contributed by atoms with Crippen molar-refractivity contribution in [2.24, 2.45) is 0 Å². The molecule has 2 aliphatic rings. The summed E-state index contributed by atoms with van der Waals surface area (Å²) in [6.07, 6.45) is 2.15. The SMILES string of the molecule is Cc1cc2c(NC3(C)CC3)nc(C(=O)N3CCN(c4ccc(F)cc4)CC3)nc2o1. The molecule has 3 heterocycles. The first kappa shape index (κ1) is 18.8. The molecule has 5 rings (SSSR count). The number of rotatable bonds is 4. The van der Waals surface area contributed by atoms with Crippen LogP contribution in [0.25, 0.3) is 11.1 Å². The van der Waals surface area contributed by atoms with Crippen LogP contribution in [0.3, 0.4) is 0 Å². The standard InChI is InChI=1S/C22H24FN5O2/c1-14-13-17-18(26-22(2)7-8-22)24-19(25-20(17)30-14)21(29)28-11-9-27(10-12-28)16-5-3-15(23)4-6-16/h3-6,13H,7-12H2,1-2H3,(H,24,25,26). The summed E-state index contributed by atoms with van der Waals surface area (Å²) >= 11 is 0. The highest BCUT2D eigenvalue weighted by Gasteiger charge is 2.38. The lowest BCUT2D eigenvalue weighted by atomic mass is 10.2. The molecule has 1 saturated carbocycles. The van der Waals surface area contributed by atoms with Gasteiger partial charge in [0.05, 0.1) is 5.39 Å². The van der Waals surface area contributed by atoms with E-state index in [1.165, 1.54) is 12.1 Å². The summed E-state index contributed by atoms with van der Waals surface area (Å²) in [5, 5.41) is 4.26. The zero-order valence-electron chi connectivity index (χ0n) is 17.1. The van der Waals surface area contributed by atoms with Crippen LogP contribution in [0, 0.1) is 12.7 Å². The molecular weight excluding hydrogens is 385 g/mol. The van der Waals surface area contributed by atoms with Crippen molar-refractivity contribution in [2.75, 3.05) is 36.4 Å². The van der Waals surface area contributed by atoms with Crippen molar-refractivity contribution in [2.45, 2.75) is 32.2 Å². The number of anilines is 2. The smallest absolute Gasteiger partial charge is 0.291 e. The van der Waals surface area contributed by atoms with E-state index in [0.717, 1.165) is 29.7 Å². The maximum absolute atomic E-state index is 13.2. The Morgan fingerprint density at radius 3 is 2.50 bits per heavy atom. The molecule has 0 radical (unpaired) electrons. The lowest BCUT2D eigenvalue weighted by Crippen LogP contribution is -2.49. The number of piperazine rings is 1.